The number of amides is 2. The van der Waals surface area contributed by atoms with E-state index in [-0.39, 0.29) is 11.1 Å². The molecule has 2 amide bonds. The molecule has 2 atom stereocenters. The fourth-order valence-electron chi connectivity index (χ4n) is 4.99. The molecule has 5 heteroatoms. The van der Waals surface area contributed by atoms with Crippen LogP contribution in [0.3, 0.4) is 0 Å². The molecule has 26 heavy (non-hydrogen) atoms. The van der Waals surface area contributed by atoms with Gasteiger partial charge < -0.3 is 10.2 Å². The van der Waals surface area contributed by atoms with E-state index in [0.717, 1.165) is 43.6 Å². The van der Waals surface area contributed by atoms with Gasteiger partial charge in [0.15, 0.2) is 0 Å². The molecule has 2 saturated carbocycles. The molecule has 0 spiro atoms. The Kier molecular flexibility index (Phi) is 8.15. The maximum Gasteiger partial charge on any atom is 0.281 e. The predicted octanol–water partition coefficient (Wildman–Crippen LogP) is 4.83. The Morgan fingerprint density at radius 2 is 1.65 bits per heavy atom. The third kappa shape index (κ3) is 6.17. The van der Waals surface area contributed by atoms with E-state index < -0.39 is 0 Å². The van der Waals surface area contributed by atoms with Crippen LogP contribution in [0.15, 0.2) is 0 Å². The van der Waals surface area contributed by atoms with Gasteiger partial charge in [-0.2, -0.15) is 0 Å². The summed E-state index contributed by atoms with van der Waals surface area (Å²) in [6.45, 7) is 2.76. The third-order valence-corrected chi connectivity index (χ3v) is 7.63. The number of rotatable bonds is 6. The van der Waals surface area contributed by atoms with Crippen molar-refractivity contribution < 1.29 is 9.59 Å². The molecule has 148 valence electrons. The first-order valence-electron chi connectivity index (χ1n) is 10.9. The molecule has 1 heterocycles. The minimum atomic E-state index is 0.159. The lowest BCUT2D eigenvalue weighted by molar-refractivity contribution is -0.121. The summed E-state index contributed by atoms with van der Waals surface area (Å²) in [6, 6.07) is 0. The van der Waals surface area contributed by atoms with E-state index >= 15 is 0 Å². The van der Waals surface area contributed by atoms with Gasteiger partial charge in [0.1, 0.15) is 0 Å². The van der Waals surface area contributed by atoms with Crippen molar-refractivity contribution in [1.82, 2.24) is 10.2 Å². The lowest BCUT2D eigenvalue weighted by atomic mass is 9.75. The van der Waals surface area contributed by atoms with E-state index in [0.29, 0.717) is 12.3 Å². The molecule has 0 radical (unpaired) electrons. The molecule has 0 aromatic rings. The summed E-state index contributed by atoms with van der Waals surface area (Å²) in [6.07, 6.45) is 14.5. The molecular weight excluding hydrogens is 344 g/mol. The maximum absolute atomic E-state index is 12.4. The number of hydrogen-bond acceptors (Lipinski definition) is 3. The van der Waals surface area contributed by atoms with Crippen LogP contribution in [0, 0.1) is 17.8 Å². The van der Waals surface area contributed by atoms with Gasteiger partial charge in [0.25, 0.3) is 5.24 Å². The molecule has 0 aromatic heterocycles. The highest BCUT2D eigenvalue weighted by atomic mass is 32.2. The van der Waals surface area contributed by atoms with Crippen molar-refractivity contribution in [2.24, 2.45) is 17.8 Å². The zero-order valence-electron chi connectivity index (χ0n) is 16.2. The quantitative estimate of drug-likeness (QED) is 0.672. The molecule has 2 unspecified atom stereocenters. The minimum Gasteiger partial charge on any atom is -0.356 e. The summed E-state index contributed by atoms with van der Waals surface area (Å²) < 4.78 is 0. The van der Waals surface area contributed by atoms with Gasteiger partial charge in [-0.05, 0) is 49.9 Å². The number of nitrogens with one attached hydrogen (secondary N) is 1. The summed E-state index contributed by atoms with van der Waals surface area (Å²) in [5.74, 6) is 3.22. The molecule has 1 saturated heterocycles. The van der Waals surface area contributed by atoms with Crippen molar-refractivity contribution in [1.29, 1.82) is 0 Å². The first-order chi connectivity index (χ1) is 12.7. The fraction of sp³-hybridized carbons (Fsp3) is 0.905. The lowest BCUT2D eigenvalue weighted by Crippen LogP contribution is -2.43. The van der Waals surface area contributed by atoms with Gasteiger partial charge in [-0.1, -0.05) is 50.3 Å². The molecule has 3 rings (SSSR count). The normalized spacial score (nSPS) is 27.0. The molecule has 0 bridgehead atoms. The molecule has 1 aliphatic heterocycles. The summed E-state index contributed by atoms with van der Waals surface area (Å²) >= 11 is 1.42. The van der Waals surface area contributed by atoms with Crippen molar-refractivity contribution in [3.05, 3.63) is 0 Å². The summed E-state index contributed by atoms with van der Waals surface area (Å²) in [5, 5.41) is 3.32. The van der Waals surface area contributed by atoms with Crippen LogP contribution in [0.4, 0.5) is 4.79 Å². The standard InChI is InChI=1S/C21H36N2O2S/c24-20(22-15-17-7-2-1-3-8-17)11-6-14-26-21(25)23-13-12-18-9-4-5-10-19(18)16-23/h17-19H,1-16H2,(H,22,24). The van der Waals surface area contributed by atoms with Crippen LogP contribution in [-0.2, 0) is 4.79 Å². The summed E-state index contributed by atoms with van der Waals surface area (Å²) in [7, 11) is 0. The van der Waals surface area contributed by atoms with Crippen molar-refractivity contribution in [3.63, 3.8) is 0 Å². The van der Waals surface area contributed by atoms with Crippen LogP contribution >= 0.6 is 11.8 Å². The monoisotopic (exact) mass is 380 g/mol. The van der Waals surface area contributed by atoms with Crippen LogP contribution in [0.5, 0.6) is 0 Å². The maximum atomic E-state index is 12.4. The number of nitrogens with zero attached hydrogens (tertiary/aromatic N) is 1. The molecule has 0 aromatic carbocycles. The van der Waals surface area contributed by atoms with Crippen LogP contribution in [0.2, 0.25) is 0 Å². The van der Waals surface area contributed by atoms with Gasteiger partial charge in [-0.3, -0.25) is 9.59 Å². The first-order valence-corrected chi connectivity index (χ1v) is 11.9. The number of carbonyl (C=O) groups excluding carboxylic acids is 2. The highest BCUT2D eigenvalue weighted by Crippen LogP contribution is 2.36. The highest BCUT2D eigenvalue weighted by Gasteiger charge is 2.32. The number of thioether (sulfide) groups is 1. The minimum absolute atomic E-state index is 0.159. The van der Waals surface area contributed by atoms with E-state index in [1.807, 2.05) is 0 Å². The molecule has 3 fully saturated rings. The molecular formula is C21H36N2O2S. The van der Waals surface area contributed by atoms with Crippen molar-refractivity contribution >= 4 is 22.9 Å². The number of carbonyl (C=O) groups is 2. The average molecular weight is 381 g/mol. The largest absolute Gasteiger partial charge is 0.356 e. The van der Waals surface area contributed by atoms with E-state index in [9.17, 15) is 9.59 Å². The Balaban J connectivity index is 1.25. The Bertz CT molecular complexity index is 465. The highest BCUT2D eigenvalue weighted by molar-refractivity contribution is 8.13. The summed E-state index contributed by atoms with van der Waals surface area (Å²) in [5.41, 5.74) is 0. The van der Waals surface area contributed by atoms with Gasteiger partial charge in [0.05, 0.1) is 0 Å². The number of fused-ring (bicyclic) bond motifs is 1. The fourth-order valence-corrected chi connectivity index (χ4v) is 5.80. The van der Waals surface area contributed by atoms with Gasteiger partial charge in [0.2, 0.25) is 5.91 Å². The molecule has 1 N–H and O–H groups in total. The average Bonchev–Trinajstić information content (AvgIpc) is 2.70. The van der Waals surface area contributed by atoms with Gasteiger partial charge >= 0.3 is 0 Å². The third-order valence-electron chi connectivity index (χ3n) is 6.64. The number of likely N-dealkylation sites (tertiary alicyclic amines) is 1. The number of piperidine rings is 1. The predicted molar refractivity (Wildman–Crippen MR) is 108 cm³/mol. The first kappa shape index (κ1) is 20.0. The smallest absolute Gasteiger partial charge is 0.281 e. The molecule has 3 aliphatic rings. The zero-order valence-corrected chi connectivity index (χ0v) is 17.0. The second-order valence-corrected chi connectivity index (χ2v) is 9.61. The van der Waals surface area contributed by atoms with Crippen molar-refractivity contribution in [2.75, 3.05) is 25.4 Å². The van der Waals surface area contributed by atoms with Crippen molar-refractivity contribution in [3.8, 4) is 0 Å². The zero-order chi connectivity index (χ0) is 18.2. The second kappa shape index (κ2) is 10.6. The van der Waals surface area contributed by atoms with E-state index in [1.165, 1.54) is 76.0 Å². The Hall–Kier alpha value is -0.710. The Morgan fingerprint density at radius 3 is 2.46 bits per heavy atom. The van der Waals surface area contributed by atoms with Crippen LogP contribution in [0.25, 0.3) is 0 Å². The van der Waals surface area contributed by atoms with Crippen LogP contribution in [0.1, 0.15) is 77.0 Å². The Labute approximate surface area is 163 Å². The van der Waals surface area contributed by atoms with E-state index in [4.69, 9.17) is 0 Å². The molecule has 4 nitrogen and oxygen atoms in total. The van der Waals surface area contributed by atoms with Crippen molar-refractivity contribution in [2.45, 2.75) is 77.0 Å². The van der Waals surface area contributed by atoms with Gasteiger partial charge in [-0.15, -0.1) is 0 Å². The van der Waals surface area contributed by atoms with Gasteiger partial charge in [-0.25, -0.2) is 0 Å². The van der Waals surface area contributed by atoms with Crippen LogP contribution < -0.4 is 5.32 Å². The lowest BCUT2D eigenvalue weighted by Gasteiger charge is -2.41. The Morgan fingerprint density at radius 1 is 0.923 bits per heavy atom. The number of hydrogen-bond donors (Lipinski definition) is 1. The SMILES string of the molecule is O=C(CCCSC(=O)N1CCC2CCCCC2C1)NCC1CCCCC1. The topological polar surface area (TPSA) is 49.4 Å². The molecule has 2 aliphatic carbocycles. The van der Waals surface area contributed by atoms with Gasteiger partial charge in [0, 0.05) is 31.8 Å². The summed E-state index contributed by atoms with van der Waals surface area (Å²) in [4.78, 5) is 26.5. The van der Waals surface area contributed by atoms with E-state index in [2.05, 4.69) is 10.2 Å². The second-order valence-electron chi connectivity index (χ2n) is 8.57. The van der Waals surface area contributed by atoms with Crippen LogP contribution in [-0.4, -0.2) is 41.4 Å². The van der Waals surface area contributed by atoms with E-state index in [1.54, 1.807) is 0 Å².